The lowest BCUT2D eigenvalue weighted by atomic mass is 9.99. The van der Waals surface area contributed by atoms with Crippen molar-refractivity contribution in [2.45, 2.75) is 0 Å². The van der Waals surface area contributed by atoms with Gasteiger partial charge in [-0.2, -0.15) is 0 Å². The van der Waals surface area contributed by atoms with Gasteiger partial charge < -0.3 is 8.98 Å². The number of para-hydroxylation sites is 1. The van der Waals surface area contributed by atoms with Crippen molar-refractivity contribution >= 4 is 43.7 Å². The van der Waals surface area contributed by atoms with Crippen molar-refractivity contribution in [2.24, 2.45) is 0 Å². The molecule has 0 unspecified atom stereocenters. The van der Waals surface area contributed by atoms with Gasteiger partial charge >= 0.3 is 0 Å². The van der Waals surface area contributed by atoms with Gasteiger partial charge in [-0.15, -0.1) is 0 Å². The van der Waals surface area contributed by atoms with E-state index in [4.69, 9.17) is 49.3 Å². The van der Waals surface area contributed by atoms with Crippen LogP contribution in [0.2, 0.25) is 0 Å². The second kappa shape index (κ2) is 21.1. The fraction of sp³-hybridized carbons (Fsp3) is 0. The minimum absolute atomic E-state index is 0.525. The number of aromatic nitrogens is 10. The molecule has 86 heavy (non-hydrogen) atoms. The summed E-state index contributed by atoms with van der Waals surface area (Å²) in [6.45, 7) is 0. The molecule has 0 saturated carbocycles. The molecule has 0 aliphatic heterocycles. The Balaban J connectivity index is 0.959. The van der Waals surface area contributed by atoms with Gasteiger partial charge in [0.05, 0.1) is 11.0 Å². The number of nitrogens with zero attached hydrogens (tertiary/aromatic N) is 10. The minimum Gasteiger partial charge on any atom is -0.456 e. The van der Waals surface area contributed by atoms with E-state index < -0.39 is 0 Å². The van der Waals surface area contributed by atoms with E-state index in [0.29, 0.717) is 52.4 Å². The van der Waals surface area contributed by atoms with Gasteiger partial charge in [-0.05, 0) is 83.9 Å². The van der Waals surface area contributed by atoms with E-state index in [1.807, 2.05) is 200 Å². The predicted octanol–water partition coefficient (Wildman–Crippen LogP) is 17.9. The summed E-state index contributed by atoms with van der Waals surface area (Å²) < 4.78 is 8.69. The second-order valence-corrected chi connectivity index (χ2v) is 21.0. The fourth-order valence-electron chi connectivity index (χ4n) is 11.3. The van der Waals surface area contributed by atoms with Crippen LogP contribution in [0.4, 0.5) is 0 Å². The molecule has 5 aromatic heterocycles. The van der Waals surface area contributed by atoms with Crippen molar-refractivity contribution in [3.8, 4) is 119 Å². The standard InChI is InChI=1S/C75H46N10O/c1-7-21-47(22-8-1)67-76-68(48-23-9-2-10-24-48)80-73(79-67)54-35-38-63-60(45-54)61-46-55(74-81-69(49-25-11-3-12-26-49)77-70(82-74)50-27-13-4-14-28-50)36-39-64(61)85(63)58-42-56(53-37-40-66-62(44-53)59-33-19-20-34-65(59)86-66)41-57(43-58)75-83-71(51-29-15-5-16-30-51)78-72(84-75)52-31-17-6-18-32-52/h1-46H. The molecule has 0 radical (unpaired) electrons. The molecule has 0 N–H and O–H groups in total. The number of furan rings is 1. The van der Waals surface area contributed by atoms with E-state index in [2.05, 4.69) is 83.4 Å². The maximum absolute atomic E-state index is 6.37. The summed E-state index contributed by atoms with van der Waals surface area (Å²) >= 11 is 0. The van der Waals surface area contributed by atoms with Crippen LogP contribution in [0.5, 0.6) is 0 Å². The Morgan fingerprint density at radius 2 is 0.500 bits per heavy atom. The minimum atomic E-state index is 0.525. The zero-order valence-corrected chi connectivity index (χ0v) is 45.9. The van der Waals surface area contributed by atoms with E-state index in [9.17, 15) is 0 Å². The zero-order valence-electron chi connectivity index (χ0n) is 45.9. The fourth-order valence-corrected chi connectivity index (χ4v) is 11.3. The predicted molar refractivity (Wildman–Crippen MR) is 343 cm³/mol. The van der Waals surface area contributed by atoms with Crippen molar-refractivity contribution in [1.82, 2.24) is 49.4 Å². The molecule has 0 spiro atoms. The van der Waals surface area contributed by atoms with Gasteiger partial charge in [0.15, 0.2) is 52.4 Å². The lowest BCUT2D eigenvalue weighted by Gasteiger charge is -2.15. The van der Waals surface area contributed by atoms with Crippen LogP contribution in [0, 0.1) is 0 Å². The van der Waals surface area contributed by atoms with Gasteiger partial charge in [-0.3, -0.25) is 0 Å². The first-order valence-corrected chi connectivity index (χ1v) is 28.3. The molecule has 11 aromatic carbocycles. The number of hydrogen-bond acceptors (Lipinski definition) is 10. The molecule has 16 aromatic rings. The van der Waals surface area contributed by atoms with Crippen molar-refractivity contribution < 1.29 is 4.42 Å². The van der Waals surface area contributed by atoms with Crippen LogP contribution in [0.15, 0.2) is 283 Å². The summed E-state index contributed by atoms with van der Waals surface area (Å²) in [5.41, 5.74) is 14.1. The molecule has 402 valence electrons. The molecule has 0 aliphatic carbocycles. The van der Waals surface area contributed by atoms with Crippen molar-refractivity contribution in [2.75, 3.05) is 0 Å². The Labute approximate surface area is 493 Å². The lowest BCUT2D eigenvalue weighted by molar-refractivity contribution is 0.669. The number of rotatable bonds is 11. The molecule has 0 aliphatic rings. The highest BCUT2D eigenvalue weighted by molar-refractivity contribution is 6.12. The molecule has 0 atom stereocenters. The molecule has 11 nitrogen and oxygen atoms in total. The number of hydrogen-bond donors (Lipinski definition) is 0. The molecular formula is C75H46N10O. The van der Waals surface area contributed by atoms with Gasteiger partial charge in [0.25, 0.3) is 0 Å². The highest BCUT2D eigenvalue weighted by Gasteiger charge is 2.22. The second-order valence-electron chi connectivity index (χ2n) is 21.0. The quantitative estimate of drug-likeness (QED) is 0.123. The number of benzene rings is 11. The van der Waals surface area contributed by atoms with Crippen LogP contribution in [-0.4, -0.2) is 49.4 Å². The maximum atomic E-state index is 6.37. The summed E-state index contributed by atoms with van der Waals surface area (Å²) in [5, 5.41) is 3.98. The summed E-state index contributed by atoms with van der Waals surface area (Å²) in [7, 11) is 0. The van der Waals surface area contributed by atoms with Gasteiger partial charge in [0, 0.05) is 77.3 Å². The van der Waals surface area contributed by atoms with Crippen LogP contribution in [0.1, 0.15) is 0 Å². The monoisotopic (exact) mass is 1100 g/mol. The van der Waals surface area contributed by atoms with Gasteiger partial charge in [0.2, 0.25) is 0 Å². The first-order valence-electron chi connectivity index (χ1n) is 28.3. The Hall–Kier alpha value is -12.0. The van der Waals surface area contributed by atoms with Gasteiger partial charge in [-0.25, -0.2) is 44.9 Å². The number of fused-ring (bicyclic) bond motifs is 6. The molecule has 11 heteroatoms. The Kier molecular flexibility index (Phi) is 12.2. The zero-order chi connectivity index (χ0) is 56.9. The van der Waals surface area contributed by atoms with Gasteiger partial charge in [-0.1, -0.05) is 206 Å². The van der Waals surface area contributed by atoms with Crippen LogP contribution < -0.4 is 0 Å². The molecular weight excluding hydrogens is 1060 g/mol. The summed E-state index contributed by atoms with van der Waals surface area (Å²) in [6, 6.07) is 94.5. The van der Waals surface area contributed by atoms with Crippen LogP contribution >= 0.6 is 0 Å². The highest BCUT2D eigenvalue weighted by Crippen LogP contribution is 2.41. The average molecular weight is 1100 g/mol. The van der Waals surface area contributed by atoms with E-state index >= 15 is 0 Å². The third-order valence-corrected chi connectivity index (χ3v) is 15.5. The SMILES string of the molecule is c1ccc(-c2nc(-c3ccccc3)nc(-c3cc(-c4ccc5oc6ccccc6c5c4)cc(-n4c5ccc(-c6nc(-c7ccccc7)nc(-c7ccccc7)n6)cc5c5cc(-c6nc(-c7ccccc7)nc(-c7ccccc7)n6)ccc54)c3)n2)cc1. The maximum Gasteiger partial charge on any atom is 0.164 e. The van der Waals surface area contributed by atoms with Crippen LogP contribution in [-0.2, 0) is 0 Å². The molecule has 16 rings (SSSR count). The van der Waals surface area contributed by atoms with Crippen molar-refractivity contribution in [3.05, 3.63) is 279 Å². The average Bonchev–Trinajstić information content (AvgIpc) is 3.77. The van der Waals surface area contributed by atoms with Gasteiger partial charge in [0.1, 0.15) is 11.2 Å². The molecule has 0 fully saturated rings. The third kappa shape index (κ3) is 9.27. The summed E-state index contributed by atoms with van der Waals surface area (Å²) in [4.78, 5) is 46.5. The molecule has 0 bridgehead atoms. The van der Waals surface area contributed by atoms with E-state index in [0.717, 1.165) is 111 Å². The molecule has 0 amide bonds. The first kappa shape index (κ1) is 49.8. The normalized spacial score (nSPS) is 11.5. The Morgan fingerprint density at radius 1 is 0.198 bits per heavy atom. The topological polar surface area (TPSA) is 134 Å². The summed E-state index contributed by atoms with van der Waals surface area (Å²) in [6.07, 6.45) is 0. The molecule has 0 saturated heterocycles. The van der Waals surface area contributed by atoms with E-state index in [1.165, 1.54) is 0 Å². The molecule has 5 heterocycles. The Morgan fingerprint density at radius 3 is 0.895 bits per heavy atom. The van der Waals surface area contributed by atoms with E-state index in [1.54, 1.807) is 0 Å². The largest absolute Gasteiger partial charge is 0.456 e. The first-order chi connectivity index (χ1) is 42.6. The van der Waals surface area contributed by atoms with Crippen molar-refractivity contribution in [1.29, 1.82) is 0 Å². The summed E-state index contributed by atoms with van der Waals surface area (Å²) in [5.74, 6) is 5.05. The smallest absolute Gasteiger partial charge is 0.164 e. The van der Waals surface area contributed by atoms with Crippen LogP contribution in [0.3, 0.4) is 0 Å². The van der Waals surface area contributed by atoms with E-state index in [-0.39, 0.29) is 0 Å². The third-order valence-electron chi connectivity index (χ3n) is 15.5. The lowest BCUT2D eigenvalue weighted by Crippen LogP contribution is -2.02. The Bertz CT molecular complexity index is 4860. The highest BCUT2D eigenvalue weighted by atomic mass is 16.3. The van der Waals surface area contributed by atoms with Crippen molar-refractivity contribution in [3.63, 3.8) is 0 Å². The van der Waals surface area contributed by atoms with Crippen LogP contribution in [0.25, 0.3) is 163 Å².